The Labute approximate surface area is 174 Å². The molecular formula is C22H24N4O4. The van der Waals surface area contributed by atoms with Crippen molar-refractivity contribution in [2.45, 2.75) is 38.8 Å². The Hall–Kier alpha value is -3.39. The highest BCUT2D eigenvalue weighted by Crippen LogP contribution is 2.37. The quantitative estimate of drug-likeness (QED) is 0.536. The molecule has 0 spiro atoms. The van der Waals surface area contributed by atoms with E-state index in [4.69, 9.17) is 20.1 Å². The summed E-state index contributed by atoms with van der Waals surface area (Å²) < 4.78 is 11.2. The van der Waals surface area contributed by atoms with Crippen LogP contribution in [0, 0.1) is 0 Å². The predicted octanol–water partition coefficient (Wildman–Crippen LogP) is 2.87. The number of aliphatic hydroxyl groups excluding tert-OH is 1. The van der Waals surface area contributed by atoms with Crippen LogP contribution in [-0.2, 0) is 11.2 Å². The van der Waals surface area contributed by atoms with Gasteiger partial charge in [-0.25, -0.2) is 0 Å². The number of nitrogens with two attached hydrogens (primary N) is 1. The molecule has 4 N–H and O–H groups in total. The SMILES string of the molecule is CC(C)Oc1ccc(-c2nc(-c3cccc4c3CC[C@H]4NC(=O)CO)no2)cc1N. The molecule has 8 heteroatoms. The number of nitrogens with one attached hydrogen (secondary N) is 1. The molecule has 0 saturated heterocycles. The van der Waals surface area contributed by atoms with E-state index in [-0.39, 0.29) is 18.1 Å². The number of benzene rings is 2. The summed E-state index contributed by atoms with van der Waals surface area (Å²) in [6, 6.07) is 11.1. The van der Waals surface area contributed by atoms with Gasteiger partial charge in [0.1, 0.15) is 12.4 Å². The van der Waals surface area contributed by atoms with E-state index in [1.807, 2.05) is 38.1 Å². The molecule has 1 heterocycles. The van der Waals surface area contributed by atoms with Crippen molar-refractivity contribution in [3.8, 4) is 28.6 Å². The van der Waals surface area contributed by atoms with Gasteiger partial charge in [-0.3, -0.25) is 4.79 Å². The lowest BCUT2D eigenvalue weighted by Crippen LogP contribution is -2.29. The van der Waals surface area contributed by atoms with Crippen LogP contribution in [0.1, 0.15) is 37.4 Å². The van der Waals surface area contributed by atoms with Gasteiger partial charge in [-0.15, -0.1) is 0 Å². The highest BCUT2D eigenvalue weighted by Gasteiger charge is 2.27. The summed E-state index contributed by atoms with van der Waals surface area (Å²) in [7, 11) is 0. The van der Waals surface area contributed by atoms with Crippen LogP contribution in [-0.4, -0.2) is 33.9 Å². The number of carbonyl (C=O) groups excluding carboxylic acids is 1. The molecule has 0 aliphatic heterocycles. The first-order valence-electron chi connectivity index (χ1n) is 9.89. The molecule has 30 heavy (non-hydrogen) atoms. The van der Waals surface area contributed by atoms with Gasteiger partial charge in [-0.1, -0.05) is 23.4 Å². The second-order valence-corrected chi connectivity index (χ2v) is 7.53. The fraction of sp³-hybridized carbons (Fsp3) is 0.318. The first-order chi connectivity index (χ1) is 14.5. The molecule has 0 unspecified atom stereocenters. The van der Waals surface area contributed by atoms with Gasteiger partial charge < -0.3 is 25.4 Å². The lowest BCUT2D eigenvalue weighted by molar-refractivity contribution is -0.124. The summed E-state index contributed by atoms with van der Waals surface area (Å²) >= 11 is 0. The Kier molecular flexibility index (Phi) is 5.41. The normalized spacial score (nSPS) is 15.3. The number of nitrogens with zero attached hydrogens (tertiary/aromatic N) is 2. The fourth-order valence-corrected chi connectivity index (χ4v) is 3.75. The lowest BCUT2D eigenvalue weighted by atomic mass is 10.0. The van der Waals surface area contributed by atoms with Crippen LogP contribution in [0.3, 0.4) is 0 Å². The zero-order valence-electron chi connectivity index (χ0n) is 16.9. The molecule has 1 amide bonds. The maximum absolute atomic E-state index is 11.6. The number of carbonyl (C=O) groups is 1. The molecule has 1 aromatic heterocycles. The summed E-state index contributed by atoms with van der Waals surface area (Å²) in [5, 5.41) is 16.0. The average molecular weight is 408 g/mol. The van der Waals surface area contributed by atoms with Gasteiger partial charge in [-0.05, 0) is 56.0 Å². The van der Waals surface area contributed by atoms with Crippen molar-refractivity contribution in [2.75, 3.05) is 12.3 Å². The van der Waals surface area contributed by atoms with Crippen LogP contribution in [0.5, 0.6) is 5.75 Å². The molecule has 1 atom stereocenters. The predicted molar refractivity (Wildman–Crippen MR) is 112 cm³/mol. The third-order valence-corrected chi connectivity index (χ3v) is 5.04. The Morgan fingerprint density at radius 2 is 2.20 bits per heavy atom. The number of amides is 1. The molecule has 1 aliphatic rings. The topological polar surface area (TPSA) is 124 Å². The average Bonchev–Trinajstić information content (AvgIpc) is 3.37. The molecule has 0 fully saturated rings. The maximum Gasteiger partial charge on any atom is 0.258 e. The molecule has 1 aliphatic carbocycles. The number of ether oxygens (including phenoxy) is 1. The number of hydrogen-bond donors (Lipinski definition) is 3. The van der Waals surface area contributed by atoms with E-state index >= 15 is 0 Å². The lowest BCUT2D eigenvalue weighted by Gasteiger charge is -2.13. The van der Waals surface area contributed by atoms with Crippen molar-refractivity contribution in [2.24, 2.45) is 0 Å². The van der Waals surface area contributed by atoms with Gasteiger partial charge in [0.2, 0.25) is 11.7 Å². The van der Waals surface area contributed by atoms with E-state index < -0.39 is 6.61 Å². The van der Waals surface area contributed by atoms with Crippen molar-refractivity contribution in [3.63, 3.8) is 0 Å². The van der Waals surface area contributed by atoms with Gasteiger partial charge in [0.05, 0.1) is 17.8 Å². The van der Waals surface area contributed by atoms with Crippen molar-refractivity contribution in [1.29, 1.82) is 0 Å². The van der Waals surface area contributed by atoms with E-state index in [1.165, 1.54) is 0 Å². The summed E-state index contributed by atoms with van der Waals surface area (Å²) in [5.41, 5.74) is 10.3. The molecule has 0 saturated carbocycles. The van der Waals surface area contributed by atoms with Gasteiger partial charge in [0.15, 0.2) is 0 Å². The number of aromatic nitrogens is 2. The zero-order valence-corrected chi connectivity index (χ0v) is 16.9. The van der Waals surface area contributed by atoms with Crippen molar-refractivity contribution in [3.05, 3.63) is 47.5 Å². The number of nitrogen functional groups attached to an aromatic ring is 1. The van der Waals surface area contributed by atoms with Crippen molar-refractivity contribution < 1.29 is 19.2 Å². The highest BCUT2D eigenvalue weighted by atomic mass is 16.5. The highest BCUT2D eigenvalue weighted by molar-refractivity contribution is 5.78. The van der Waals surface area contributed by atoms with Crippen LogP contribution < -0.4 is 15.8 Å². The molecule has 8 nitrogen and oxygen atoms in total. The molecular weight excluding hydrogens is 384 g/mol. The van der Waals surface area contributed by atoms with Gasteiger partial charge in [0, 0.05) is 11.1 Å². The zero-order chi connectivity index (χ0) is 21.3. The van der Waals surface area contributed by atoms with Crippen LogP contribution in [0.2, 0.25) is 0 Å². The second kappa shape index (κ2) is 8.16. The Morgan fingerprint density at radius 3 is 2.93 bits per heavy atom. The van der Waals surface area contributed by atoms with Crippen molar-refractivity contribution in [1.82, 2.24) is 15.5 Å². The monoisotopic (exact) mass is 408 g/mol. The van der Waals surface area contributed by atoms with Crippen LogP contribution in [0.4, 0.5) is 5.69 Å². The minimum atomic E-state index is -0.524. The number of aliphatic hydroxyl groups is 1. The van der Waals surface area contributed by atoms with E-state index in [1.54, 1.807) is 12.1 Å². The van der Waals surface area contributed by atoms with Gasteiger partial charge in [0.25, 0.3) is 5.89 Å². The van der Waals surface area contributed by atoms with E-state index in [2.05, 4.69) is 15.5 Å². The smallest absolute Gasteiger partial charge is 0.258 e. The number of hydrogen-bond acceptors (Lipinski definition) is 7. The molecule has 3 aromatic rings. The number of rotatable bonds is 6. The maximum atomic E-state index is 11.6. The summed E-state index contributed by atoms with van der Waals surface area (Å²) in [5.74, 6) is 1.08. The first-order valence-corrected chi connectivity index (χ1v) is 9.89. The molecule has 2 aromatic carbocycles. The standard InChI is InChI=1S/C22H24N4O4/c1-12(2)29-19-9-6-13(10-17(19)23)22-25-21(26-30-22)16-5-3-4-15-14(16)7-8-18(15)24-20(28)11-27/h3-6,9-10,12,18,27H,7-8,11,23H2,1-2H3,(H,24,28)/t18-/m1/s1. The Bertz CT molecular complexity index is 1080. The fourth-order valence-electron chi connectivity index (χ4n) is 3.75. The van der Waals surface area contributed by atoms with Gasteiger partial charge in [-0.2, -0.15) is 4.98 Å². The Balaban J connectivity index is 1.61. The minimum absolute atomic E-state index is 0.0271. The molecule has 156 valence electrons. The second-order valence-electron chi connectivity index (χ2n) is 7.53. The van der Waals surface area contributed by atoms with E-state index in [0.717, 1.165) is 29.5 Å². The number of fused-ring (bicyclic) bond motifs is 1. The first kappa shape index (κ1) is 19.9. The van der Waals surface area contributed by atoms with Crippen LogP contribution in [0.15, 0.2) is 40.9 Å². The minimum Gasteiger partial charge on any atom is -0.489 e. The van der Waals surface area contributed by atoms with Crippen molar-refractivity contribution >= 4 is 11.6 Å². The molecule has 0 radical (unpaired) electrons. The number of anilines is 1. The molecule has 4 rings (SSSR count). The molecule has 0 bridgehead atoms. The largest absolute Gasteiger partial charge is 0.489 e. The van der Waals surface area contributed by atoms with Crippen LogP contribution >= 0.6 is 0 Å². The summed E-state index contributed by atoms with van der Waals surface area (Å²) in [6.07, 6.45) is 1.57. The third-order valence-electron chi connectivity index (χ3n) is 5.04. The van der Waals surface area contributed by atoms with Crippen LogP contribution in [0.25, 0.3) is 22.8 Å². The van der Waals surface area contributed by atoms with E-state index in [0.29, 0.717) is 28.7 Å². The van der Waals surface area contributed by atoms with E-state index in [9.17, 15) is 4.79 Å². The third kappa shape index (κ3) is 3.86. The summed E-state index contributed by atoms with van der Waals surface area (Å²) in [6.45, 7) is 3.36. The Morgan fingerprint density at radius 1 is 1.37 bits per heavy atom. The van der Waals surface area contributed by atoms with Gasteiger partial charge >= 0.3 is 0 Å². The summed E-state index contributed by atoms with van der Waals surface area (Å²) in [4.78, 5) is 16.1.